The van der Waals surface area contributed by atoms with Gasteiger partial charge in [0.2, 0.25) is 5.95 Å². The number of hydrogen-bond acceptors (Lipinski definition) is 5. The van der Waals surface area contributed by atoms with Crippen LogP contribution >= 0.6 is 11.6 Å². The fourth-order valence-corrected chi connectivity index (χ4v) is 1.17. The molecule has 0 aliphatic rings. The predicted molar refractivity (Wildman–Crippen MR) is 46.5 cm³/mol. The van der Waals surface area contributed by atoms with Gasteiger partial charge in [-0.15, -0.1) is 0 Å². The Labute approximate surface area is 77.2 Å². The average Bonchev–Trinajstić information content (AvgIpc) is 2.47. The molecular weight excluding hydrogens is 194 g/mol. The van der Waals surface area contributed by atoms with Crippen LogP contribution in [-0.4, -0.2) is 26.2 Å². The minimum Gasteiger partial charge on any atom is -0.368 e. The Kier molecular flexibility index (Phi) is 1.63. The molecule has 13 heavy (non-hydrogen) atoms. The first-order valence-corrected chi connectivity index (χ1v) is 3.72. The van der Waals surface area contributed by atoms with Crippen LogP contribution in [0.4, 0.5) is 5.95 Å². The Morgan fingerprint density at radius 1 is 1.38 bits per heavy atom. The zero-order valence-electron chi connectivity index (χ0n) is 6.28. The number of rotatable bonds is 1. The van der Waals surface area contributed by atoms with Gasteiger partial charge in [-0.25, -0.2) is 4.98 Å². The van der Waals surface area contributed by atoms with Crippen molar-refractivity contribution < 1.29 is 4.79 Å². The summed E-state index contributed by atoms with van der Waals surface area (Å²) in [5.41, 5.74) is 6.03. The number of hydrogen-bond donors (Lipinski definition) is 2. The van der Waals surface area contributed by atoms with Gasteiger partial charge in [-0.1, -0.05) is 11.6 Å². The van der Waals surface area contributed by atoms with Gasteiger partial charge in [0.15, 0.2) is 22.9 Å². The molecule has 2 aromatic rings. The molecule has 2 heterocycles. The number of imidazole rings is 1. The van der Waals surface area contributed by atoms with Crippen molar-refractivity contribution in [2.75, 3.05) is 5.73 Å². The molecule has 2 rings (SSSR count). The summed E-state index contributed by atoms with van der Waals surface area (Å²) in [6, 6.07) is 0. The molecule has 0 fully saturated rings. The van der Waals surface area contributed by atoms with Gasteiger partial charge in [0.25, 0.3) is 0 Å². The second-order valence-electron chi connectivity index (χ2n) is 2.31. The van der Waals surface area contributed by atoms with E-state index in [1.807, 2.05) is 0 Å². The highest BCUT2D eigenvalue weighted by atomic mass is 35.5. The number of carbonyl (C=O) groups is 1. The molecule has 0 unspecified atom stereocenters. The van der Waals surface area contributed by atoms with Gasteiger partial charge in [-0.3, -0.25) is 4.79 Å². The van der Waals surface area contributed by atoms with Crippen LogP contribution in [0.25, 0.3) is 11.2 Å². The number of nitrogens with zero attached hydrogens (tertiary/aromatic N) is 3. The number of carbonyl (C=O) groups excluding carboxylic acids is 1. The van der Waals surface area contributed by atoms with Crippen molar-refractivity contribution in [2.45, 2.75) is 0 Å². The second kappa shape index (κ2) is 2.67. The summed E-state index contributed by atoms with van der Waals surface area (Å²) in [6.45, 7) is 0. The number of nitrogen functional groups attached to an aromatic ring is 1. The third-order valence-corrected chi connectivity index (χ3v) is 1.73. The van der Waals surface area contributed by atoms with Crippen LogP contribution < -0.4 is 5.73 Å². The lowest BCUT2D eigenvalue weighted by atomic mass is 10.5. The maximum Gasteiger partial charge on any atom is 0.223 e. The third-order valence-electron chi connectivity index (χ3n) is 1.45. The summed E-state index contributed by atoms with van der Waals surface area (Å²) in [5.74, 6) is 0.179. The van der Waals surface area contributed by atoms with E-state index in [9.17, 15) is 4.79 Å². The fraction of sp³-hybridized carbons (Fsp3) is 0. The quantitative estimate of drug-likeness (QED) is 0.510. The number of fused-ring (bicyclic) bond motifs is 1. The number of nitrogens with two attached hydrogens (primary N) is 1. The van der Waals surface area contributed by atoms with Gasteiger partial charge in [0.1, 0.15) is 5.52 Å². The van der Waals surface area contributed by atoms with Crippen molar-refractivity contribution in [3.8, 4) is 0 Å². The minimum atomic E-state index is 0.0291. The van der Waals surface area contributed by atoms with Crippen molar-refractivity contribution in [3.05, 3.63) is 11.0 Å². The highest BCUT2D eigenvalue weighted by molar-refractivity contribution is 6.33. The molecule has 66 valence electrons. The van der Waals surface area contributed by atoms with E-state index in [4.69, 9.17) is 17.3 Å². The van der Waals surface area contributed by atoms with E-state index in [0.29, 0.717) is 17.5 Å². The lowest BCUT2D eigenvalue weighted by Crippen LogP contribution is -1.94. The summed E-state index contributed by atoms with van der Waals surface area (Å²) in [7, 11) is 0. The van der Waals surface area contributed by atoms with Crippen LogP contribution in [-0.2, 0) is 0 Å². The smallest absolute Gasteiger partial charge is 0.223 e. The summed E-state index contributed by atoms with van der Waals surface area (Å²) in [4.78, 5) is 24.3. The minimum absolute atomic E-state index is 0.0291. The summed E-state index contributed by atoms with van der Waals surface area (Å²) in [6.07, 6.45) is 0.564. The molecule has 0 aliphatic heterocycles. The maximum atomic E-state index is 10.4. The molecule has 0 spiro atoms. The Balaban J connectivity index is 2.82. The highest BCUT2D eigenvalue weighted by Gasteiger charge is 2.08. The number of halogens is 1. The van der Waals surface area contributed by atoms with Gasteiger partial charge < -0.3 is 10.7 Å². The van der Waals surface area contributed by atoms with E-state index in [-0.39, 0.29) is 16.9 Å². The van der Waals surface area contributed by atoms with Crippen LogP contribution in [0.5, 0.6) is 0 Å². The van der Waals surface area contributed by atoms with E-state index in [1.54, 1.807) is 0 Å². The Morgan fingerprint density at radius 2 is 2.15 bits per heavy atom. The number of aldehydes is 1. The molecule has 0 radical (unpaired) electrons. The SMILES string of the molecule is Nc1nc(Cl)c2[nH]c(C=O)nc2n1. The van der Waals surface area contributed by atoms with Crippen LogP contribution in [0.2, 0.25) is 5.15 Å². The largest absolute Gasteiger partial charge is 0.368 e. The summed E-state index contributed by atoms with van der Waals surface area (Å²) < 4.78 is 0. The van der Waals surface area contributed by atoms with Crippen molar-refractivity contribution >= 4 is 35.0 Å². The monoisotopic (exact) mass is 197 g/mol. The molecular formula is C6H4ClN5O. The lowest BCUT2D eigenvalue weighted by molar-refractivity contribution is 0.111. The molecule has 0 bridgehead atoms. The molecule has 0 atom stereocenters. The zero-order chi connectivity index (χ0) is 9.42. The van der Waals surface area contributed by atoms with E-state index in [2.05, 4.69) is 19.9 Å². The standard InChI is InChI=1S/C6H4ClN5O/c7-4-3-5(12-6(8)11-4)10-2(1-13)9-3/h1H,(H3,8,9,10,11,12). The van der Waals surface area contributed by atoms with Gasteiger partial charge in [0, 0.05) is 0 Å². The van der Waals surface area contributed by atoms with Crippen LogP contribution in [0, 0.1) is 0 Å². The predicted octanol–water partition coefficient (Wildman–Crippen LogP) is 0.401. The van der Waals surface area contributed by atoms with Gasteiger partial charge in [0.05, 0.1) is 0 Å². The first-order valence-electron chi connectivity index (χ1n) is 3.34. The van der Waals surface area contributed by atoms with Crippen LogP contribution in [0.15, 0.2) is 0 Å². The zero-order valence-corrected chi connectivity index (χ0v) is 7.04. The highest BCUT2D eigenvalue weighted by Crippen LogP contribution is 2.17. The molecule has 6 nitrogen and oxygen atoms in total. The first kappa shape index (κ1) is 7.93. The molecule has 0 aromatic carbocycles. The fourth-order valence-electron chi connectivity index (χ4n) is 0.952. The summed E-state index contributed by atoms with van der Waals surface area (Å²) >= 11 is 5.71. The average molecular weight is 198 g/mol. The van der Waals surface area contributed by atoms with Crippen molar-refractivity contribution in [2.24, 2.45) is 0 Å². The van der Waals surface area contributed by atoms with E-state index >= 15 is 0 Å². The van der Waals surface area contributed by atoms with E-state index in [1.165, 1.54) is 0 Å². The molecule has 0 saturated carbocycles. The Hall–Kier alpha value is -1.69. The van der Waals surface area contributed by atoms with Crippen molar-refractivity contribution in [1.29, 1.82) is 0 Å². The van der Waals surface area contributed by atoms with Crippen LogP contribution in [0.1, 0.15) is 10.6 Å². The van der Waals surface area contributed by atoms with E-state index < -0.39 is 0 Å². The van der Waals surface area contributed by atoms with E-state index in [0.717, 1.165) is 0 Å². The number of anilines is 1. The number of nitrogens with one attached hydrogen (secondary N) is 1. The van der Waals surface area contributed by atoms with Gasteiger partial charge in [-0.05, 0) is 0 Å². The normalized spacial score (nSPS) is 10.5. The first-order chi connectivity index (χ1) is 6.20. The number of aromatic amines is 1. The van der Waals surface area contributed by atoms with Gasteiger partial charge in [-0.2, -0.15) is 9.97 Å². The lowest BCUT2D eigenvalue weighted by Gasteiger charge is -1.92. The number of aromatic nitrogens is 4. The van der Waals surface area contributed by atoms with Crippen molar-refractivity contribution in [3.63, 3.8) is 0 Å². The molecule has 2 aromatic heterocycles. The Morgan fingerprint density at radius 3 is 2.85 bits per heavy atom. The maximum absolute atomic E-state index is 10.4. The second-order valence-corrected chi connectivity index (χ2v) is 2.67. The molecule has 0 aliphatic carbocycles. The number of H-pyrrole nitrogens is 1. The van der Waals surface area contributed by atoms with Crippen molar-refractivity contribution in [1.82, 2.24) is 19.9 Å². The summed E-state index contributed by atoms with van der Waals surface area (Å²) in [5, 5.41) is 0.156. The molecule has 0 saturated heterocycles. The van der Waals surface area contributed by atoms with Crippen LogP contribution in [0.3, 0.4) is 0 Å². The molecule has 7 heteroatoms. The molecule has 3 N–H and O–H groups in total. The topological polar surface area (TPSA) is 97.5 Å². The third kappa shape index (κ3) is 1.20. The molecule has 0 amide bonds. The van der Waals surface area contributed by atoms with Gasteiger partial charge >= 0.3 is 0 Å². The Bertz CT molecular complexity index is 479.